The smallest absolute Gasteiger partial charge is 0.127 e. The Kier molecular flexibility index (Phi) is 5.54. The van der Waals surface area contributed by atoms with Crippen molar-refractivity contribution in [1.29, 1.82) is 0 Å². The molecule has 1 aromatic carbocycles. The molecule has 0 saturated heterocycles. The van der Waals surface area contributed by atoms with Crippen molar-refractivity contribution in [3.05, 3.63) is 45.7 Å². The number of hydrogen-bond donors (Lipinski definition) is 0. The van der Waals surface area contributed by atoms with Crippen LogP contribution in [-0.4, -0.2) is 5.33 Å². The summed E-state index contributed by atoms with van der Waals surface area (Å²) in [6.07, 6.45) is 3.81. The summed E-state index contributed by atoms with van der Waals surface area (Å²) in [5, 5.41) is 0.952. The summed E-state index contributed by atoms with van der Waals surface area (Å²) >= 11 is 6.61. The van der Waals surface area contributed by atoms with Crippen LogP contribution >= 0.6 is 31.9 Å². The van der Waals surface area contributed by atoms with Crippen LogP contribution < -0.4 is 0 Å². The van der Waals surface area contributed by atoms with Gasteiger partial charge in [0.25, 0.3) is 0 Å². The molecule has 0 aliphatic heterocycles. The third kappa shape index (κ3) is 4.47. The molecule has 0 heterocycles. The van der Waals surface area contributed by atoms with Crippen molar-refractivity contribution in [3.63, 3.8) is 0 Å². The largest absolute Gasteiger partial charge is 0.207 e. The molecule has 0 nitrogen and oxygen atoms in total. The van der Waals surface area contributed by atoms with E-state index in [0.29, 0.717) is 6.42 Å². The van der Waals surface area contributed by atoms with Crippen LogP contribution in [0.4, 0.5) is 4.39 Å². The maximum absolute atomic E-state index is 13.5. The van der Waals surface area contributed by atoms with Gasteiger partial charge in [-0.3, -0.25) is 0 Å². The van der Waals surface area contributed by atoms with Crippen LogP contribution in [0.1, 0.15) is 18.9 Å². The average molecular weight is 336 g/mol. The minimum atomic E-state index is -0.143. The summed E-state index contributed by atoms with van der Waals surface area (Å²) in [7, 11) is 0. The maximum atomic E-state index is 13.5. The molecule has 0 fully saturated rings. The van der Waals surface area contributed by atoms with Crippen molar-refractivity contribution >= 4 is 31.9 Å². The third-order valence-electron chi connectivity index (χ3n) is 2.09. The van der Waals surface area contributed by atoms with Gasteiger partial charge in [-0.25, -0.2) is 4.39 Å². The highest BCUT2D eigenvalue weighted by Crippen LogP contribution is 2.18. The SMILES string of the molecule is CC(=CCCBr)Cc1ccc(Br)cc1F. The van der Waals surface area contributed by atoms with E-state index in [-0.39, 0.29) is 5.82 Å². The zero-order valence-corrected chi connectivity index (χ0v) is 11.7. The summed E-state index contributed by atoms with van der Waals surface area (Å²) in [6.45, 7) is 2.03. The monoisotopic (exact) mass is 334 g/mol. The lowest BCUT2D eigenvalue weighted by Crippen LogP contribution is -1.92. The van der Waals surface area contributed by atoms with Crippen molar-refractivity contribution in [1.82, 2.24) is 0 Å². The lowest BCUT2D eigenvalue weighted by Gasteiger charge is -2.04. The molecule has 0 bridgehead atoms. The van der Waals surface area contributed by atoms with E-state index in [4.69, 9.17) is 0 Å². The van der Waals surface area contributed by atoms with Crippen LogP contribution in [0.5, 0.6) is 0 Å². The first-order valence-electron chi connectivity index (χ1n) is 4.79. The van der Waals surface area contributed by atoms with Crippen LogP contribution in [0, 0.1) is 5.82 Å². The van der Waals surface area contributed by atoms with Crippen LogP contribution in [-0.2, 0) is 6.42 Å². The maximum Gasteiger partial charge on any atom is 0.127 e. The molecule has 0 aliphatic rings. The summed E-state index contributed by atoms with van der Waals surface area (Å²) in [6, 6.07) is 5.20. The highest BCUT2D eigenvalue weighted by molar-refractivity contribution is 9.10. The van der Waals surface area contributed by atoms with E-state index >= 15 is 0 Å². The van der Waals surface area contributed by atoms with Crippen molar-refractivity contribution in [2.45, 2.75) is 19.8 Å². The highest BCUT2D eigenvalue weighted by atomic mass is 79.9. The first-order valence-corrected chi connectivity index (χ1v) is 6.70. The number of rotatable bonds is 4. The first kappa shape index (κ1) is 12.9. The van der Waals surface area contributed by atoms with Crippen molar-refractivity contribution in [2.24, 2.45) is 0 Å². The van der Waals surface area contributed by atoms with Gasteiger partial charge in [0, 0.05) is 9.80 Å². The molecule has 0 unspecified atom stereocenters. The fourth-order valence-electron chi connectivity index (χ4n) is 1.34. The molecule has 0 atom stereocenters. The fourth-order valence-corrected chi connectivity index (χ4v) is 1.90. The minimum absolute atomic E-state index is 0.143. The van der Waals surface area contributed by atoms with E-state index in [1.54, 1.807) is 0 Å². The summed E-state index contributed by atoms with van der Waals surface area (Å²) in [4.78, 5) is 0. The Morgan fingerprint density at radius 3 is 2.80 bits per heavy atom. The Morgan fingerprint density at radius 2 is 2.20 bits per heavy atom. The molecule has 0 spiro atoms. The number of alkyl halides is 1. The number of hydrogen-bond acceptors (Lipinski definition) is 0. The van der Waals surface area contributed by atoms with Crippen LogP contribution in [0.25, 0.3) is 0 Å². The van der Waals surface area contributed by atoms with E-state index in [0.717, 1.165) is 21.8 Å². The molecule has 0 aromatic heterocycles. The quantitative estimate of drug-likeness (QED) is 0.544. The number of allylic oxidation sites excluding steroid dienone is 2. The van der Waals surface area contributed by atoms with E-state index in [1.165, 1.54) is 11.6 Å². The van der Waals surface area contributed by atoms with Crippen molar-refractivity contribution in [2.75, 3.05) is 5.33 Å². The molecule has 0 saturated carbocycles. The topological polar surface area (TPSA) is 0 Å². The van der Waals surface area contributed by atoms with Gasteiger partial charge in [0.15, 0.2) is 0 Å². The Bertz CT molecular complexity index is 359. The second-order valence-electron chi connectivity index (χ2n) is 3.44. The lowest BCUT2D eigenvalue weighted by molar-refractivity contribution is 0.612. The molecular formula is C12H13Br2F. The molecule has 15 heavy (non-hydrogen) atoms. The predicted molar refractivity (Wildman–Crippen MR) is 70.0 cm³/mol. The predicted octanol–water partition coefficient (Wildman–Crippen LogP) is 4.86. The van der Waals surface area contributed by atoms with Crippen LogP contribution in [0.2, 0.25) is 0 Å². The van der Waals surface area contributed by atoms with Crippen LogP contribution in [0.15, 0.2) is 34.3 Å². The Labute approximate surface area is 107 Å². The second-order valence-corrected chi connectivity index (χ2v) is 5.15. The van der Waals surface area contributed by atoms with Gasteiger partial charge in [0.1, 0.15) is 5.82 Å². The van der Waals surface area contributed by atoms with E-state index < -0.39 is 0 Å². The minimum Gasteiger partial charge on any atom is -0.207 e. The van der Waals surface area contributed by atoms with Gasteiger partial charge in [0.2, 0.25) is 0 Å². The molecule has 0 radical (unpaired) electrons. The molecule has 3 heteroatoms. The first-order chi connectivity index (χ1) is 7.13. The Morgan fingerprint density at radius 1 is 1.47 bits per heavy atom. The van der Waals surface area contributed by atoms with Gasteiger partial charge in [-0.15, -0.1) is 0 Å². The van der Waals surface area contributed by atoms with Crippen LogP contribution in [0.3, 0.4) is 0 Å². The summed E-state index contributed by atoms with van der Waals surface area (Å²) in [5.74, 6) is -0.143. The molecule has 1 rings (SSSR count). The standard InChI is InChI=1S/C12H13Br2F/c1-9(3-2-6-13)7-10-4-5-11(14)8-12(10)15/h3-5,8H,2,6-7H2,1H3. The van der Waals surface area contributed by atoms with Gasteiger partial charge in [0.05, 0.1) is 0 Å². The number of halogens is 3. The molecule has 82 valence electrons. The Hall–Kier alpha value is -0.150. The highest BCUT2D eigenvalue weighted by Gasteiger charge is 2.02. The molecular weight excluding hydrogens is 323 g/mol. The number of benzene rings is 1. The molecule has 0 N–H and O–H groups in total. The van der Waals surface area contributed by atoms with Gasteiger partial charge >= 0.3 is 0 Å². The van der Waals surface area contributed by atoms with Crippen molar-refractivity contribution < 1.29 is 4.39 Å². The third-order valence-corrected chi connectivity index (χ3v) is 3.04. The van der Waals surface area contributed by atoms with Gasteiger partial charge in [-0.05, 0) is 37.5 Å². The van der Waals surface area contributed by atoms with E-state index in [1.807, 2.05) is 19.1 Å². The summed E-state index contributed by atoms with van der Waals surface area (Å²) < 4.78 is 14.2. The van der Waals surface area contributed by atoms with Gasteiger partial charge in [-0.1, -0.05) is 49.6 Å². The molecule has 1 aromatic rings. The molecule has 0 aliphatic carbocycles. The molecule has 0 amide bonds. The fraction of sp³-hybridized carbons (Fsp3) is 0.333. The normalized spacial score (nSPS) is 11.9. The van der Waals surface area contributed by atoms with Gasteiger partial charge < -0.3 is 0 Å². The van der Waals surface area contributed by atoms with Crippen molar-refractivity contribution in [3.8, 4) is 0 Å². The van der Waals surface area contributed by atoms with Gasteiger partial charge in [-0.2, -0.15) is 0 Å². The average Bonchev–Trinajstić information content (AvgIpc) is 2.19. The van der Waals surface area contributed by atoms with E-state index in [2.05, 4.69) is 37.9 Å². The zero-order valence-electron chi connectivity index (χ0n) is 8.56. The second kappa shape index (κ2) is 6.44. The zero-order chi connectivity index (χ0) is 11.3. The summed E-state index contributed by atoms with van der Waals surface area (Å²) in [5.41, 5.74) is 1.96. The lowest BCUT2D eigenvalue weighted by atomic mass is 10.1. The Balaban J connectivity index is 2.72. The van der Waals surface area contributed by atoms with E-state index in [9.17, 15) is 4.39 Å².